The minimum absolute atomic E-state index is 0.0492. The highest BCUT2D eigenvalue weighted by atomic mass is 16.5. The van der Waals surface area contributed by atoms with Gasteiger partial charge < -0.3 is 10.1 Å². The van der Waals surface area contributed by atoms with E-state index in [9.17, 15) is 4.79 Å². The molecule has 0 unspecified atom stereocenters. The van der Waals surface area contributed by atoms with Crippen LogP contribution in [-0.4, -0.2) is 18.7 Å². The maximum atomic E-state index is 12.2. The van der Waals surface area contributed by atoms with Gasteiger partial charge in [0, 0.05) is 12.0 Å². The smallest absolute Gasteiger partial charge is 0.407 e. The number of fused-ring (bicyclic) bond motifs is 3. The second-order valence-electron chi connectivity index (χ2n) is 6.84. The summed E-state index contributed by atoms with van der Waals surface area (Å²) in [6.07, 6.45) is 2.21. The average molecular weight is 335 g/mol. The van der Waals surface area contributed by atoms with Gasteiger partial charge in [-0.3, -0.25) is 0 Å². The van der Waals surface area contributed by atoms with Crippen LogP contribution in [0.25, 0.3) is 11.1 Å². The molecule has 3 rings (SSSR count). The number of benzene rings is 2. The highest BCUT2D eigenvalue weighted by molar-refractivity contribution is 5.79. The summed E-state index contributed by atoms with van der Waals surface area (Å²) in [6.45, 7) is 8.27. The Labute approximate surface area is 149 Å². The first kappa shape index (κ1) is 17.3. The second-order valence-corrected chi connectivity index (χ2v) is 6.84. The molecule has 3 heteroatoms. The molecule has 0 saturated heterocycles. The van der Waals surface area contributed by atoms with Crippen LogP contribution >= 0.6 is 0 Å². The maximum Gasteiger partial charge on any atom is 0.407 e. The zero-order chi connectivity index (χ0) is 17.8. The first-order valence-corrected chi connectivity index (χ1v) is 8.84. The van der Waals surface area contributed by atoms with Gasteiger partial charge in [-0.1, -0.05) is 68.5 Å². The molecular formula is C22H25NO2. The van der Waals surface area contributed by atoms with Crippen molar-refractivity contribution in [2.24, 2.45) is 5.92 Å². The van der Waals surface area contributed by atoms with Crippen molar-refractivity contribution >= 4 is 6.09 Å². The summed E-state index contributed by atoms with van der Waals surface area (Å²) in [7, 11) is 0. The van der Waals surface area contributed by atoms with Gasteiger partial charge in [-0.2, -0.15) is 0 Å². The van der Waals surface area contributed by atoms with Crippen molar-refractivity contribution in [2.45, 2.75) is 32.2 Å². The van der Waals surface area contributed by atoms with E-state index in [1.807, 2.05) is 30.3 Å². The Hall–Kier alpha value is -2.55. The van der Waals surface area contributed by atoms with Gasteiger partial charge in [0.1, 0.15) is 6.61 Å². The van der Waals surface area contributed by atoms with Crippen LogP contribution in [0.3, 0.4) is 0 Å². The lowest BCUT2D eigenvalue weighted by atomic mass is 9.98. The molecule has 0 aliphatic heterocycles. The van der Waals surface area contributed by atoms with Gasteiger partial charge in [-0.25, -0.2) is 4.79 Å². The standard InChI is InChI=1S/C22H25NO2/c1-4-9-21(15(2)3)23-22(24)25-14-20-18-12-7-5-10-16(18)17-11-6-8-13-19(17)20/h4-8,10-13,15,20-21H,1,9,14H2,2-3H3,(H,23,24)/t21-/m1/s1. The molecule has 1 N–H and O–H groups in total. The summed E-state index contributed by atoms with van der Waals surface area (Å²) in [5.41, 5.74) is 4.92. The number of hydrogen-bond acceptors (Lipinski definition) is 2. The first-order chi connectivity index (χ1) is 12.1. The number of alkyl carbamates (subject to hydrolysis) is 1. The molecule has 3 nitrogen and oxygen atoms in total. The molecule has 0 fully saturated rings. The van der Waals surface area contributed by atoms with Crippen molar-refractivity contribution in [1.29, 1.82) is 0 Å². The Morgan fingerprint density at radius 1 is 1.12 bits per heavy atom. The first-order valence-electron chi connectivity index (χ1n) is 8.84. The monoisotopic (exact) mass is 335 g/mol. The van der Waals surface area contributed by atoms with Crippen LogP contribution in [0, 0.1) is 5.92 Å². The minimum atomic E-state index is -0.359. The maximum absolute atomic E-state index is 12.2. The molecule has 0 heterocycles. The normalized spacial score (nSPS) is 13.9. The van der Waals surface area contributed by atoms with E-state index in [4.69, 9.17) is 4.74 Å². The van der Waals surface area contributed by atoms with Crippen LogP contribution < -0.4 is 5.32 Å². The van der Waals surface area contributed by atoms with Crippen molar-refractivity contribution in [1.82, 2.24) is 5.32 Å². The summed E-state index contributed by atoms with van der Waals surface area (Å²) < 4.78 is 5.58. The van der Waals surface area contributed by atoms with E-state index in [1.54, 1.807) is 0 Å². The lowest BCUT2D eigenvalue weighted by Gasteiger charge is -2.21. The Bertz CT molecular complexity index is 721. The molecular weight excluding hydrogens is 310 g/mol. The Morgan fingerprint density at radius 2 is 1.68 bits per heavy atom. The van der Waals surface area contributed by atoms with Crippen LogP contribution in [0.15, 0.2) is 61.2 Å². The number of carbonyl (C=O) groups is 1. The number of rotatable bonds is 6. The molecule has 1 aliphatic rings. The predicted octanol–water partition coefficient (Wildman–Crippen LogP) is 5.13. The van der Waals surface area contributed by atoms with Crippen molar-refractivity contribution in [3.63, 3.8) is 0 Å². The van der Waals surface area contributed by atoms with Crippen molar-refractivity contribution in [3.05, 3.63) is 72.3 Å². The fraction of sp³-hybridized carbons (Fsp3) is 0.318. The van der Waals surface area contributed by atoms with Crippen LogP contribution in [0.2, 0.25) is 0 Å². The molecule has 0 radical (unpaired) electrons. The van der Waals surface area contributed by atoms with E-state index in [0.717, 1.165) is 6.42 Å². The Balaban J connectivity index is 1.71. The summed E-state index contributed by atoms with van der Waals surface area (Å²) in [5.74, 6) is 0.425. The third-order valence-corrected chi connectivity index (χ3v) is 4.87. The van der Waals surface area contributed by atoms with Crippen LogP contribution in [0.4, 0.5) is 4.79 Å². The number of nitrogens with one attached hydrogen (secondary N) is 1. The second kappa shape index (κ2) is 7.56. The van der Waals surface area contributed by atoms with Crippen molar-refractivity contribution in [3.8, 4) is 11.1 Å². The van der Waals surface area contributed by atoms with E-state index < -0.39 is 0 Å². The number of carbonyl (C=O) groups excluding carboxylic acids is 1. The fourth-order valence-electron chi connectivity index (χ4n) is 3.47. The van der Waals surface area contributed by atoms with Gasteiger partial charge in [-0.05, 0) is 34.6 Å². The third kappa shape index (κ3) is 3.60. The van der Waals surface area contributed by atoms with Crippen LogP contribution in [0.1, 0.15) is 37.3 Å². The van der Waals surface area contributed by atoms with Gasteiger partial charge in [-0.15, -0.1) is 6.58 Å². The van der Waals surface area contributed by atoms with Crippen molar-refractivity contribution in [2.75, 3.05) is 6.61 Å². The SMILES string of the molecule is C=CC[C@@H](NC(=O)OCC1c2ccccc2-c2ccccc21)C(C)C. The molecule has 130 valence electrons. The number of amides is 1. The highest BCUT2D eigenvalue weighted by Gasteiger charge is 2.29. The molecule has 1 aliphatic carbocycles. The molecule has 2 aromatic carbocycles. The Kier molecular flexibility index (Phi) is 5.22. The number of ether oxygens (including phenoxy) is 1. The van der Waals surface area contributed by atoms with Crippen molar-refractivity contribution < 1.29 is 9.53 Å². The molecule has 0 saturated carbocycles. The fourth-order valence-corrected chi connectivity index (χ4v) is 3.47. The predicted molar refractivity (Wildman–Crippen MR) is 102 cm³/mol. The Morgan fingerprint density at radius 3 is 2.20 bits per heavy atom. The largest absolute Gasteiger partial charge is 0.449 e. The molecule has 1 atom stereocenters. The number of hydrogen-bond donors (Lipinski definition) is 1. The lowest BCUT2D eigenvalue weighted by molar-refractivity contribution is 0.136. The quantitative estimate of drug-likeness (QED) is 0.744. The van der Waals surface area contributed by atoms with E-state index in [0.29, 0.717) is 12.5 Å². The minimum Gasteiger partial charge on any atom is -0.449 e. The van der Waals surface area contributed by atoms with Gasteiger partial charge in [0.05, 0.1) is 0 Å². The summed E-state index contributed by atoms with van der Waals surface area (Å²) in [4.78, 5) is 12.2. The molecule has 25 heavy (non-hydrogen) atoms. The van der Waals surface area contributed by atoms with E-state index >= 15 is 0 Å². The van der Waals surface area contributed by atoms with E-state index in [-0.39, 0.29) is 18.1 Å². The summed E-state index contributed by atoms with van der Waals surface area (Å²) in [5, 5.41) is 2.96. The molecule has 1 amide bonds. The van der Waals surface area contributed by atoms with Gasteiger partial charge >= 0.3 is 6.09 Å². The zero-order valence-electron chi connectivity index (χ0n) is 14.9. The average Bonchev–Trinajstić information content (AvgIpc) is 2.93. The van der Waals surface area contributed by atoms with Crippen LogP contribution in [0.5, 0.6) is 0 Å². The highest BCUT2D eigenvalue weighted by Crippen LogP contribution is 2.44. The molecule has 0 spiro atoms. The van der Waals surface area contributed by atoms with Gasteiger partial charge in [0.15, 0.2) is 0 Å². The van der Waals surface area contributed by atoms with Gasteiger partial charge in [0.2, 0.25) is 0 Å². The molecule has 2 aromatic rings. The topological polar surface area (TPSA) is 38.3 Å². The van der Waals surface area contributed by atoms with E-state index in [2.05, 4.69) is 50.0 Å². The van der Waals surface area contributed by atoms with E-state index in [1.165, 1.54) is 22.3 Å². The van der Waals surface area contributed by atoms with Gasteiger partial charge in [0.25, 0.3) is 0 Å². The summed E-state index contributed by atoms with van der Waals surface area (Å²) >= 11 is 0. The zero-order valence-corrected chi connectivity index (χ0v) is 14.9. The van der Waals surface area contributed by atoms with Crippen LogP contribution in [-0.2, 0) is 4.74 Å². The lowest BCUT2D eigenvalue weighted by Crippen LogP contribution is -2.39. The molecule has 0 bridgehead atoms. The summed E-state index contributed by atoms with van der Waals surface area (Å²) in [6, 6.07) is 16.7. The molecule has 0 aromatic heterocycles. The third-order valence-electron chi connectivity index (χ3n) is 4.87.